The van der Waals surface area contributed by atoms with Gasteiger partial charge in [0.15, 0.2) is 0 Å². The van der Waals surface area contributed by atoms with Crippen molar-refractivity contribution < 1.29 is 15.0 Å². The average molecular weight is 180 g/mol. The van der Waals surface area contributed by atoms with E-state index in [2.05, 4.69) is 0 Å². The normalized spacial score (nSPS) is 9.92. The van der Waals surface area contributed by atoms with Crippen LogP contribution in [0.2, 0.25) is 0 Å². The predicted octanol–water partition coefficient (Wildman–Crippen LogP) is 1.58. The zero-order valence-corrected chi connectivity index (χ0v) is 7.45. The number of aromatic hydroxyl groups is 1. The van der Waals surface area contributed by atoms with Gasteiger partial charge in [-0.3, -0.25) is 4.79 Å². The highest BCUT2D eigenvalue weighted by Gasteiger charge is 2.03. The summed E-state index contributed by atoms with van der Waals surface area (Å²) in [5, 5.41) is 17.8. The molecule has 13 heavy (non-hydrogen) atoms. The van der Waals surface area contributed by atoms with E-state index in [0.29, 0.717) is 5.56 Å². The van der Waals surface area contributed by atoms with Crippen molar-refractivity contribution in [3.63, 3.8) is 0 Å². The number of hydrogen-bond donors (Lipinski definition) is 2. The average Bonchev–Trinajstić information content (AvgIpc) is 2.01. The number of carboxylic acid groups (broad SMARTS) is 1. The molecule has 0 amide bonds. The molecular formula is C10H12O3. The second-order valence-electron chi connectivity index (χ2n) is 2.93. The Hall–Kier alpha value is -1.51. The number of phenolic OH excluding ortho intramolecular Hbond substituents is 1. The Bertz CT molecular complexity index is 318. The quantitative estimate of drug-likeness (QED) is 0.742. The van der Waals surface area contributed by atoms with Crippen molar-refractivity contribution in [2.24, 2.45) is 0 Å². The molecule has 0 heterocycles. The molecule has 0 radical (unpaired) electrons. The SMILES string of the molecule is CCc1cc(O)cc(CC(=O)O)c1. The Morgan fingerprint density at radius 1 is 1.31 bits per heavy atom. The van der Waals surface area contributed by atoms with Gasteiger partial charge in [-0.15, -0.1) is 0 Å². The van der Waals surface area contributed by atoms with Gasteiger partial charge in [0.1, 0.15) is 5.75 Å². The first-order valence-electron chi connectivity index (χ1n) is 4.15. The number of phenols is 1. The van der Waals surface area contributed by atoms with Crippen LogP contribution in [0, 0.1) is 0 Å². The van der Waals surface area contributed by atoms with Crippen molar-refractivity contribution in [2.45, 2.75) is 19.8 Å². The van der Waals surface area contributed by atoms with Crippen molar-refractivity contribution in [1.29, 1.82) is 0 Å². The van der Waals surface area contributed by atoms with Crippen molar-refractivity contribution in [3.05, 3.63) is 29.3 Å². The molecule has 0 fully saturated rings. The zero-order chi connectivity index (χ0) is 9.84. The van der Waals surface area contributed by atoms with Crippen LogP contribution in [0.5, 0.6) is 5.75 Å². The van der Waals surface area contributed by atoms with Crippen molar-refractivity contribution in [1.82, 2.24) is 0 Å². The molecule has 0 atom stereocenters. The van der Waals surface area contributed by atoms with Crippen LogP contribution in [-0.4, -0.2) is 16.2 Å². The van der Waals surface area contributed by atoms with Gasteiger partial charge in [-0.25, -0.2) is 0 Å². The first-order valence-corrected chi connectivity index (χ1v) is 4.15. The minimum atomic E-state index is -0.882. The molecule has 70 valence electrons. The van der Waals surface area contributed by atoms with Gasteiger partial charge < -0.3 is 10.2 Å². The number of aryl methyl sites for hydroxylation is 1. The highest BCUT2D eigenvalue weighted by atomic mass is 16.4. The third-order valence-electron chi connectivity index (χ3n) is 1.80. The van der Waals surface area contributed by atoms with Gasteiger partial charge in [0.25, 0.3) is 0 Å². The molecule has 1 aromatic carbocycles. The first-order chi connectivity index (χ1) is 6.11. The van der Waals surface area contributed by atoms with Gasteiger partial charge in [0.2, 0.25) is 0 Å². The number of rotatable bonds is 3. The van der Waals surface area contributed by atoms with Gasteiger partial charge in [0.05, 0.1) is 6.42 Å². The van der Waals surface area contributed by atoms with Gasteiger partial charge in [0, 0.05) is 0 Å². The van der Waals surface area contributed by atoms with Crippen LogP contribution in [0.4, 0.5) is 0 Å². The molecule has 3 heteroatoms. The molecule has 0 aliphatic carbocycles. The number of carbonyl (C=O) groups is 1. The van der Waals surface area contributed by atoms with E-state index in [1.807, 2.05) is 6.92 Å². The van der Waals surface area contributed by atoms with E-state index >= 15 is 0 Å². The number of aliphatic carboxylic acids is 1. The summed E-state index contributed by atoms with van der Waals surface area (Å²) in [5.74, 6) is -0.747. The van der Waals surface area contributed by atoms with E-state index in [1.54, 1.807) is 12.1 Å². The Labute approximate surface area is 76.6 Å². The molecule has 3 nitrogen and oxygen atoms in total. The maximum absolute atomic E-state index is 10.4. The summed E-state index contributed by atoms with van der Waals surface area (Å²) >= 11 is 0. The van der Waals surface area contributed by atoms with E-state index < -0.39 is 5.97 Å². The maximum Gasteiger partial charge on any atom is 0.307 e. The summed E-state index contributed by atoms with van der Waals surface area (Å²) in [6.45, 7) is 1.96. The first kappa shape index (κ1) is 9.58. The largest absolute Gasteiger partial charge is 0.508 e. The fraction of sp³-hybridized carbons (Fsp3) is 0.300. The molecule has 0 saturated carbocycles. The summed E-state index contributed by atoms with van der Waals surface area (Å²) in [6, 6.07) is 4.92. The molecule has 0 aliphatic rings. The monoisotopic (exact) mass is 180 g/mol. The zero-order valence-electron chi connectivity index (χ0n) is 7.45. The van der Waals surface area contributed by atoms with Crippen LogP contribution >= 0.6 is 0 Å². The molecular weight excluding hydrogens is 168 g/mol. The molecule has 1 aromatic rings. The van der Waals surface area contributed by atoms with Gasteiger partial charge in [-0.1, -0.05) is 13.0 Å². The Morgan fingerprint density at radius 3 is 2.46 bits per heavy atom. The Morgan fingerprint density at radius 2 is 1.92 bits per heavy atom. The topological polar surface area (TPSA) is 57.5 Å². The fourth-order valence-electron chi connectivity index (χ4n) is 1.22. The molecule has 0 aromatic heterocycles. The standard InChI is InChI=1S/C10H12O3/c1-2-7-3-8(6-10(12)13)5-9(11)4-7/h3-5,11H,2,6H2,1H3,(H,12,13). The smallest absolute Gasteiger partial charge is 0.307 e. The minimum Gasteiger partial charge on any atom is -0.508 e. The van der Waals surface area contributed by atoms with Gasteiger partial charge in [-0.2, -0.15) is 0 Å². The van der Waals surface area contributed by atoms with Gasteiger partial charge >= 0.3 is 5.97 Å². The van der Waals surface area contributed by atoms with Crippen LogP contribution in [0.3, 0.4) is 0 Å². The lowest BCUT2D eigenvalue weighted by Crippen LogP contribution is -2.00. The highest BCUT2D eigenvalue weighted by Crippen LogP contribution is 2.16. The maximum atomic E-state index is 10.4. The molecule has 0 bridgehead atoms. The third kappa shape index (κ3) is 2.78. The summed E-state index contributed by atoms with van der Waals surface area (Å²) < 4.78 is 0. The molecule has 0 spiro atoms. The minimum absolute atomic E-state index is 0.0403. The fourth-order valence-corrected chi connectivity index (χ4v) is 1.22. The Balaban J connectivity index is 2.94. The molecule has 0 aliphatic heterocycles. The van der Waals surface area contributed by atoms with E-state index in [0.717, 1.165) is 12.0 Å². The molecule has 2 N–H and O–H groups in total. The van der Waals surface area contributed by atoms with E-state index in [9.17, 15) is 9.90 Å². The van der Waals surface area contributed by atoms with Crippen LogP contribution in [0.25, 0.3) is 0 Å². The van der Waals surface area contributed by atoms with Crippen molar-refractivity contribution in [3.8, 4) is 5.75 Å². The third-order valence-corrected chi connectivity index (χ3v) is 1.80. The van der Waals surface area contributed by atoms with Crippen LogP contribution in [-0.2, 0) is 17.6 Å². The van der Waals surface area contributed by atoms with Crippen LogP contribution in [0.15, 0.2) is 18.2 Å². The summed E-state index contributed by atoms with van der Waals surface area (Å²) in [6.07, 6.45) is 0.752. The lowest BCUT2D eigenvalue weighted by atomic mass is 10.1. The second kappa shape index (κ2) is 3.94. The molecule has 0 unspecified atom stereocenters. The lowest BCUT2D eigenvalue weighted by molar-refractivity contribution is -0.136. The highest BCUT2D eigenvalue weighted by molar-refractivity contribution is 5.70. The Kier molecular flexibility index (Phi) is 2.90. The van der Waals surface area contributed by atoms with E-state index in [4.69, 9.17) is 5.11 Å². The van der Waals surface area contributed by atoms with Gasteiger partial charge in [-0.05, 0) is 29.7 Å². The summed E-state index contributed by atoms with van der Waals surface area (Å²) in [5.41, 5.74) is 1.60. The lowest BCUT2D eigenvalue weighted by Gasteiger charge is -2.02. The van der Waals surface area contributed by atoms with Crippen LogP contribution in [0.1, 0.15) is 18.1 Å². The number of benzene rings is 1. The summed E-state index contributed by atoms with van der Waals surface area (Å²) in [4.78, 5) is 10.4. The molecule has 1 rings (SSSR count). The molecule has 0 saturated heterocycles. The number of carboxylic acids is 1. The predicted molar refractivity (Wildman–Crippen MR) is 48.8 cm³/mol. The summed E-state index contributed by atoms with van der Waals surface area (Å²) in [7, 11) is 0. The van der Waals surface area contributed by atoms with Crippen molar-refractivity contribution >= 4 is 5.97 Å². The van der Waals surface area contributed by atoms with E-state index in [1.165, 1.54) is 6.07 Å². The van der Waals surface area contributed by atoms with E-state index in [-0.39, 0.29) is 12.2 Å². The van der Waals surface area contributed by atoms with Crippen LogP contribution < -0.4 is 0 Å². The number of hydrogen-bond acceptors (Lipinski definition) is 2. The van der Waals surface area contributed by atoms with Crippen molar-refractivity contribution in [2.75, 3.05) is 0 Å². The second-order valence-corrected chi connectivity index (χ2v) is 2.93.